The molecule has 5 heteroatoms. The van der Waals surface area contributed by atoms with Crippen LogP contribution in [-0.4, -0.2) is 39.5 Å². The van der Waals surface area contributed by atoms with E-state index in [0.29, 0.717) is 5.56 Å². The minimum atomic E-state index is -0.869. The number of carboxylic acid groups (broad SMARTS) is 1. The molecule has 0 aliphatic heterocycles. The molecule has 0 spiro atoms. The molecule has 1 aromatic carbocycles. The number of aromatic amines is 1. The van der Waals surface area contributed by atoms with E-state index in [-0.39, 0.29) is 18.5 Å². The van der Waals surface area contributed by atoms with E-state index in [1.165, 1.54) is 0 Å². The fraction of sp³-hybridized carbons (Fsp3) is 0.375. The lowest BCUT2D eigenvalue weighted by Crippen LogP contribution is -2.38. The van der Waals surface area contributed by atoms with Crippen molar-refractivity contribution >= 4 is 22.8 Å². The summed E-state index contributed by atoms with van der Waals surface area (Å²) in [6, 6.07) is 7.71. The van der Waals surface area contributed by atoms with E-state index >= 15 is 0 Å². The molecule has 2 aromatic rings. The quantitative estimate of drug-likeness (QED) is 0.887. The van der Waals surface area contributed by atoms with Gasteiger partial charge in [0.15, 0.2) is 0 Å². The normalized spacial score (nSPS) is 15.9. The topological polar surface area (TPSA) is 73.4 Å². The first kappa shape index (κ1) is 13.7. The van der Waals surface area contributed by atoms with Gasteiger partial charge in [-0.05, 0) is 25.0 Å². The van der Waals surface area contributed by atoms with Gasteiger partial charge in [0.05, 0.1) is 17.0 Å². The summed E-state index contributed by atoms with van der Waals surface area (Å²) in [5, 5.41) is 10.1. The van der Waals surface area contributed by atoms with Crippen molar-refractivity contribution in [3.63, 3.8) is 0 Å². The highest BCUT2D eigenvalue weighted by Crippen LogP contribution is 2.30. The Morgan fingerprint density at radius 2 is 2.14 bits per heavy atom. The number of H-pyrrole nitrogens is 1. The zero-order chi connectivity index (χ0) is 15.0. The Kier molecular flexibility index (Phi) is 3.41. The number of benzene rings is 1. The highest BCUT2D eigenvalue weighted by atomic mass is 16.4. The molecule has 5 nitrogen and oxygen atoms in total. The number of carboxylic acids is 1. The lowest BCUT2D eigenvalue weighted by atomic mass is 10.1. The average molecular weight is 286 g/mol. The molecule has 1 amide bonds. The van der Waals surface area contributed by atoms with E-state index in [4.69, 9.17) is 5.11 Å². The highest BCUT2D eigenvalue weighted by molar-refractivity contribution is 6.06. The molecule has 1 fully saturated rings. The third-order valence-electron chi connectivity index (χ3n) is 3.96. The van der Waals surface area contributed by atoms with Crippen LogP contribution in [-0.2, 0) is 4.79 Å². The number of rotatable bonds is 5. The molecule has 110 valence electrons. The van der Waals surface area contributed by atoms with Gasteiger partial charge in [0.25, 0.3) is 5.91 Å². The maximum atomic E-state index is 12.8. The molecule has 0 saturated heterocycles. The van der Waals surface area contributed by atoms with E-state index in [9.17, 15) is 9.59 Å². The third-order valence-corrected chi connectivity index (χ3v) is 3.96. The van der Waals surface area contributed by atoms with Gasteiger partial charge < -0.3 is 15.0 Å². The lowest BCUT2D eigenvalue weighted by molar-refractivity contribution is -0.141. The largest absolute Gasteiger partial charge is 0.481 e. The number of fused-ring (bicyclic) bond motifs is 1. The molecule has 2 N–H and O–H groups in total. The van der Waals surface area contributed by atoms with Crippen LogP contribution >= 0.6 is 0 Å². The Morgan fingerprint density at radius 1 is 1.38 bits per heavy atom. The first-order valence-electron chi connectivity index (χ1n) is 7.18. The summed E-state index contributed by atoms with van der Waals surface area (Å²) in [5.74, 6) is -1.51. The van der Waals surface area contributed by atoms with Gasteiger partial charge in [0.1, 0.15) is 0 Å². The summed E-state index contributed by atoms with van der Waals surface area (Å²) < 4.78 is 0. The molecule has 1 aromatic heterocycles. The second-order valence-electron chi connectivity index (χ2n) is 5.68. The standard InChI is InChI=1S/C16H18N2O3/c1-10(16(20)21)9-18(12-5-6-12)15(19)13-4-2-3-11-7-8-17-14(11)13/h2-4,7-8,10,12,17H,5-6,9H2,1H3,(H,20,21). The molecule has 0 radical (unpaired) electrons. The van der Waals surface area contributed by atoms with Crippen molar-refractivity contribution < 1.29 is 14.7 Å². The summed E-state index contributed by atoms with van der Waals surface area (Å²) in [6.07, 6.45) is 3.72. The fourth-order valence-electron chi connectivity index (χ4n) is 2.58. The van der Waals surface area contributed by atoms with Crippen molar-refractivity contribution in [1.82, 2.24) is 9.88 Å². The predicted octanol–water partition coefficient (Wildman–Crippen LogP) is 2.49. The first-order chi connectivity index (χ1) is 10.1. The number of nitrogens with one attached hydrogen (secondary N) is 1. The second-order valence-corrected chi connectivity index (χ2v) is 5.68. The van der Waals surface area contributed by atoms with Gasteiger partial charge in [0.2, 0.25) is 0 Å². The first-order valence-corrected chi connectivity index (χ1v) is 7.18. The molecular formula is C16H18N2O3. The summed E-state index contributed by atoms with van der Waals surface area (Å²) >= 11 is 0. The van der Waals surface area contributed by atoms with E-state index < -0.39 is 11.9 Å². The SMILES string of the molecule is CC(CN(C(=O)c1cccc2cc[nH]c12)C1CC1)C(=O)O. The Balaban J connectivity index is 1.90. The Morgan fingerprint density at radius 3 is 2.81 bits per heavy atom. The number of amides is 1. The maximum absolute atomic E-state index is 12.8. The molecule has 0 bridgehead atoms. The Bertz CT molecular complexity index is 688. The smallest absolute Gasteiger partial charge is 0.308 e. The summed E-state index contributed by atoms with van der Waals surface area (Å²) in [4.78, 5) is 28.7. The number of nitrogens with zero attached hydrogens (tertiary/aromatic N) is 1. The molecule has 1 heterocycles. The number of carbonyl (C=O) groups excluding carboxylic acids is 1. The van der Waals surface area contributed by atoms with Gasteiger partial charge >= 0.3 is 5.97 Å². The number of aliphatic carboxylic acids is 1. The maximum Gasteiger partial charge on any atom is 0.308 e. The van der Waals surface area contributed by atoms with Gasteiger partial charge in [-0.2, -0.15) is 0 Å². The van der Waals surface area contributed by atoms with Crippen LogP contribution in [0, 0.1) is 5.92 Å². The Labute approximate surface area is 122 Å². The van der Waals surface area contributed by atoms with Gasteiger partial charge in [-0.1, -0.05) is 19.1 Å². The summed E-state index contributed by atoms with van der Waals surface area (Å²) in [5.41, 5.74) is 1.43. The summed E-state index contributed by atoms with van der Waals surface area (Å²) in [6.45, 7) is 1.90. The lowest BCUT2D eigenvalue weighted by Gasteiger charge is -2.24. The molecule has 1 atom stereocenters. The average Bonchev–Trinajstić information content (AvgIpc) is 3.19. The monoisotopic (exact) mass is 286 g/mol. The van der Waals surface area contributed by atoms with E-state index in [1.54, 1.807) is 17.9 Å². The molecule has 1 unspecified atom stereocenters. The molecule has 21 heavy (non-hydrogen) atoms. The molecule has 1 saturated carbocycles. The second kappa shape index (κ2) is 5.24. The van der Waals surface area contributed by atoms with Crippen molar-refractivity contribution in [2.45, 2.75) is 25.8 Å². The minimum Gasteiger partial charge on any atom is -0.481 e. The van der Waals surface area contributed by atoms with E-state index in [1.807, 2.05) is 24.4 Å². The van der Waals surface area contributed by atoms with Crippen molar-refractivity contribution in [2.75, 3.05) is 6.54 Å². The van der Waals surface area contributed by atoms with Crippen molar-refractivity contribution in [3.8, 4) is 0 Å². The van der Waals surface area contributed by atoms with Gasteiger partial charge in [-0.25, -0.2) is 0 Å². The van der Waals surface area contributed by atoms with Crippen LogP contribution in [0.1, 0.15) is 30.1 Å². The molecule has 3 rings (SSSR count). The predicted molar refractivity (Wildman–Crippen MR) is 79.2 cm³/mol. The van der Waals surface area contributed by atoms with Crippen LogP contribution < -0.4 is 0 Å². The van der Waals surface area contributed by atoms with E-state index in [2.05, 4.69) is 4.98 Å². The third kappa shape index (κ3) is 2.63. The van der Waals surface area contributed by atoms with Crippen molar-refractivity contribution in [3.05, 3.63) is 36.0 Å². The highest BCUT2D eigenvalue weighted by Gasteiger charge is 2.35. The van der Waals surface area contributed by atoms with Crippen LogP contribution in [0.4, 0.5) is 0 Å². The Hall–Kier alpha value is -2.30. The van der Waals surface area contributed by atoms with E-state index in [0.717, 1.165) is 23.7 Å². The van der Waals surface area contributed by atoms with Crippen molar-refractivity contribution in [2.24, 2.45) is 5.92 Å². The fourth-order valence-corrected chi connectivity index (χ4v) is 2.58. The number of aromatic nitrogens is 1. The number of hydrogen-bond acceptors (Lipinski definition) is 2. The van der Waals surface area contributed by atoms with Gasteiger partial charge in [-0.3, -0.25) is 9.59 Å². The number of para-hydroxylation sites is 1. The zero-order valence-electron chi connectivity index (χ0n) is 11.9. The minimum absolute atomic E-state index is 0.0846. The van der Waals surface area contributed by atoms with Crippen LogP contribution in [0.2, 0.25) is 0 Å². The van der Waals surface area contributed by atoms with Gasteiger partial charge in [-0.15, -0.1) is 0 Å². The van der Waals surface area contributed by atoms with Crippen LogP contribution in [0.3, 0.4) is 0 Å². The molecule has 1 aliphatic rings. The molecular weight excluding hydrogens is 268 g/mol. The van der Waals surface area contributed by atoms with Crippen LogP contribution in [0.25, 0.3) is 10.9 Å². The van der Waals surface area contributed by atoms with Crippen molar-refractivity contribution in [1.29, 1.82) is 0 Å². The number of hydrogen-bond donors (Lipinski definition) is 2. The summed E-state index contributed by atoms with van der Waals surface area (Å²) in [7, 11) is 0. The van der Waals surface area contributed by atoms with Crippen LogP contribution in [0.5, 0.6) is 0 Å². The molecule has 1 aliphatic carbocycles. The zero-order valence-corrected chi connectivity index (χ0v) is 11.9. The number of carbonyl (C=O) groups is 2. The van der Waals surface area contributed by atoms with Gasteiger partial charge in [0, 0.05) is 24.2 Å². The van der Waals surface area contributed by atoms with Crippen LogP contribution in [0.15, 0.2) is 30.5 Å².